The zero-order valence-electron chi connectivity index (χ0n) is 21.0. The molecule has 2 aromatic carbocycles. The van der Waals surface area contributed by atoms with Crippen molar-refractivity contribution in [3.05, 3.63) is 63.6 Å². The maximum Gasteiger partial charge on any atom is 0.328 e. The van der Waals surface area contributed by atoms with Crippen LogP contribution in [0.25, 0.3) is 17.0 Å². The fourth-order valence-electron chi connectivity index (χ4n) is 4.94. The monoisotopic (exact) mass is 583 g/mol. The Bertz CT molecular complexity index is 1360. The van der Waals surface area contributed by atoms with Crippen molar-refractivity contribution in [1.82, 2.24) is 15.2 Å². The summed E-state index contributed by atoms with van der Waals surface area (Å²) in [6.45, 7) is 3.20. The largest absolute Gasteiger partial charge is 0.481 e. The number of hydrogen-bond donors (Lipinski definition) is 3. The van der Waals surface area contributed by atoms with Gasteiger partial charge in [-0.3, -0.25) is 0 Å². The molecule has 2 aliphatic heterocycles. The smallest absolute Gasteiger partial charge is 0.328 e. The summed E-state index contributed by atoms with van der Waals surface area (Å²) in [5, 5.41) is 24.6. The third-order valence-electron chi connectivity index (χ3n) is 7.01. The highest BCUT2D eigenvalue weighted by Crippen LogP contribution is 2.37. The van der Waals surface area contributed by atoms with E-state index >= 15 is 0 Å². The van der Waals surface area contributed by atoms with E-state index < -0.39 is 12.1 Å². The van der Waals surface area contributed by atoms with E-state index in [0.29, 0.717) is 29.5 Å². The first kappa shape index (κ1) is 26.4. The molecule has 1 atom stereocenters. The Morgan fingerprint density at radius 2 is 2.00 bits per heavy atom. The molecule has 9 nitrogen and oxygen atoms in total. The number of carbonyl (C=O) groups is 1. The van der Waals surface area contributed by atoms with E-state index in [0.717, 1.165) is 71.0 Å². The lowest BCUT2D eigenvalue weighted by Crippen LogP contribution is -2.43. The highest BCUT2D eigenvalue weighted by atomic mass is 79.9. The molecule has 0 amide bonds. The molecule has 1 aromatic heterocycles. The minimum atomic E-state index is -1.02. The standard InChI is InChI=1S/C28H30BrN3O6/c1-36-26-6-5-20-17(3-7-27(34)35)2-4-21(28(20)31-26)23(33)15-32-10-8-19(9-11-32)30-14-18-12-24-25(13-22(18)29)38-16-37-24/h2-7,12-13,19,23,30,33H,8-11,14-16H2,1H3,(H,34,35)/b7-3+. The number of β-amino-alcohol motifs (C(OH)–C–C–N with tert-alkyl or cyclic N) is 1. The van der Waals surface area contributed by atoms with Gasteiger partial charge in [0.15, 0.2) is 11.5 Å². The Hall–Kier alpha value is -3.18. The molecule has 0 saturated carbocycles. The van der Waals surface area contributed by atoms with Crippen molar-refractivity contribution in [2.75, 3.05) is 33.5 Å². The van der Waals surface area contributed by atoms with Crippen LogP contribution in [0.1, 0.15) is 35.6 Å². The summed E-state index contributed by atoms with van der Waals surface area (Å²) >= 11 is 3.62. The number of carboxylic acid groups (broad SMARTS) is 1. The third-order valence-corrected chi connectivity index (χ3v) is 7.75. The van der Waals surface area contributed by atoms with Gasteiger partial charge >= 0.3 is 5.97 Å². The number of rotatable bonds is 9. The average molecular weight is 584 g/mol. The highest BCUT2D eigenvalue weighted by Gasteiger charge is 2.24. The number of aromatic nitrogens is 1. The van der Waals surface area contributed by atoms with E-state index in [1.54, 1.807) is 13.2 Å². The second-order valence-electron chi connectivity index (χ2n) is 9.43. The zero-order chi connectivity index (χ0) is 26.6. The Labute approximate surface area is 229 Å². The average Bonchev–Trinajstić information content (AvgIpc) is 3.37. The number of benzene rings is 2. The molecule has 3 N–H and O–H groups in total. The summed E-state index contributed by atoms with van der Waals surface area (Å²) in [5.41, 5.74) is 3.15. The summed E-state index contributed by atoms with van der Waals surface area (Å²) in [6, 6.07) is 11.6. The van der Waals surface area contributed by atoms with Crippen molar-refractivity contribution in [3.63, 3.8) is 0 Å². The fraction of sp³-hybridized carbons (Fsp3) is 0.357. The van der Waals surface area contributed by atoms with E-state index in [4.69, 9.17) is 19.3 Å². The zero-order valence-corrected chi connectivity index (χ0v) is 22.6. The predicted octanol–water partition coefficient (Wildman–Crippen LogP) is 4.12. The van der Waals surface area contributed by atoms with E-state index in [2.05, 4.69) is 31.1 Å². The number of aliphatic carboxylic acids is 1. The molecule has 200 valence electrons. The van der Waals surface area contributed by atoms with Crippen LogP contribution in [-0.4, -0.2) is 65.6 Å². The van der Waals surface area contributed by atoms with E-state index in [1.165, 1.54) is 6.08 Å². The lowest BCUT2D eigenvalue weighted by Gasteiger charge is -2.34. The number of piperidine rings is 1. The van der Waals surface area contributed by atoms with Gasteiger partial charge in [0.2, 0.25) is 12.7 Å². The summed E-state index contributed by atoms with van der Waals surface area (Å²) in [4.78, 5) is 17.9. The molecule has 0 spiro atoms. The number of halogens is 1. The molecule has 1 saturated heterocycles. The van der Waals surface area contributed by atoms with Gasteiger partial charge < -0.3 is 34.6 Å². The van der Waals surface area contributed by atoms with Crippen molar-refractivity contribution >= 4 is 38.9 Å². The van der Waals surface area contributed by atoms with Crippen LogP contribution in [-0.2, 0) is 11.3 Å². The van der Waals surface area contributed by atoms with E-state index in [-0.39, 0.29) is 6.79 Å². The molecule has 0 radical (unpaired) electrons. The van der Waals surface area contributed by atoms with Gasteiger partial charge in [-0.15, -0.1) is 0 Å². The molecular formula is C28H30BrN3O6. The molecule has 3 aromatic rings. The molecular weight excluding hydrogens is 554 g/mol. The number of hydrogen-bond acceptors (Lipinski definition) is 8. The lowest BCUT2D eigenvalue weighted by molar-refractivity contribution is -0.131. The normalized spacial score (nSPS) is 16.8. The summed E-state index contributed by atoms with van der Waals surface area (Å²) < 4.78 is 17.2. The number of fused-ring (bicyclic) bond motifs is 2. The van der Waals surface area contributed by atoms with Crippen molar-refractivity contribution in [3.8, 4) is 17.4 Å². The fourth-order valence-corrected chi connectivity index (χ4v) is 5.41. The van der Waals surface area contributed by atoms with Gasteiger partial charge in [0.05, 0.1) is 18.7 Å². The SMILES string of the molecule is COc1ccc2c(/C=C/C(=O)O)ccc(C(O)CN3CCC(NCc4cc5c(cc4Br)OCO5)CC3)c2n1. The molecule has 0 bridgehead atoms. The van der Waals surface area contributed by atoms with Crippen LogP contribution in [0.2, 0.25) is 0 Å². The minimum Gasteiger partial charge on any atom is -0.481 e. The Morgan fingerprint density at radius 1 is 1.24 bits per heavy atom. The maximum atomic E-state index is 11.2. The van der Waals surface area contributed by atoms with Crippen LogP contribution in [0.4, 0.5) is 0 Å². The number of nitrogens with zero attached hydrogens (tertiary/aromatic N) is 2. The highest BCUT2D eigenvalue weighted by molar-refractivity contribution is 9.10. The summed E-state index contributed by atoms with van der Waals surface area (Å²) in [7, 11) is 1.54. The van der Waals surface area contributed by atoms with Crippen molar-refractivity contribution in [2.45, 2.75) is 31.5 Å². The Morgan fingerprint density at radius 3 is 2.74 bits per heavy atom. The number of likely N-dealkylation sites (tertiary alicyclic amines) is 1. The number of aliphatic hydroxyl groups excluding tert-OH is 1. The van der Waals surface area contributed by atoms with Gasteiger partial charge in [0, 0.05) is 46.7 Å². The second-order valence-corrected chi connectivity index (χ2v) is 10.3. The van der Waals surface area contributed by atoms with Crippen LogP contribution in [0.3, 0.4) is 0 Å². The van der Waals surface area contributed by atoms with Gasteiger partial charge in [-0.1, -0.05) is 28.1 Å². The number of pyridine rings is 1. The molecule has 3 heterocycles. The molecule has 2 aliphatic rings. The van der Waals surface area contributed by atoms with Gasteiger partial charge in [-0.05, 0) is 61.3 Å². The van der Waals surface area contributed by atoms with E-state index in [1.807, 2.05) is 30.3 Å². The van der Waals surface area contributed by atoms with Crippen molar-refractivity contribution in [2.24, 2.45) is 0 Å². The summed E-state index contributed by atoms with van der Waals surface area (Å²) in [6.07, 6.45) is 3.83. The first-order chi connectivity index (χ1) is 18.4. The third kappa shape index (κ3) is 5.94. The van der Waals surface area contributed by atoms with Crippen molar-refractivity contribution < 1.29 is 29.2 Å². The minimum absolute atomic E-state index is 0.258. The van der Waals surface area contributed by atoms with Gasteiger partial charge in [-0.25, -0.2) is 9.78 Å². The molecule has 1 unspecified atom stereocenters. The topological polar surface area (TPSA) is 113 Å². The van der Waals surface area contributed by atoms with Gasteiger partial charge in [0.1, 0.15) is 0 Å². The number of aliphatic hydroxyl groups is 1. The summed E-state index contributed by atoms with van der Waals surface area (Å²) in [5.74, 6) is 0.955. The van der Waals surface area contributed by atoms with Crippen LogP contribution in [0.5, 0.6) is 17.4 Å². The quantitative estimate of drug-likeness (QED) is 0.320. The maximum absolute atomic E-state index is 11.2. The molecule has 0 aliphatic carbocycles. The van der Waals surface area contributed by atoms with Gasteiger partial charge in [-0.2, -0.15) is 0 Å². The number of ether oxygens (including phenoxy) is 3. The van der Waals surface area contributed by atoms with Crippen LogP contribution in [0, 0.1) is 0 Å². The molecule has 5 rings (SSSR count). The Balaban J connectivity index is 1.21. The van der Waals surface area contributed by atoms with Gasteiger partial charge in [0.25, 0.3) is 0 Å². The number of nitrogens with one attached hydrogen (secondary N) is 1. The van der Waals surface area contributed by atoms with Crippen molar-refractivity contribution in [1.29, 1.82) is 0 Å². The molecule has 38 heavy (non-hydrogen) atoms. The molecule has 10 heteroatoms. The number of carboxylic acids is 1. The van der Waals surface area contributed by atoms with E-state index in [9.17, 15) is 9.90 Å². The van der Waals surface area contributed by atoms with Crippen LogP contribution < -0.4 is 19.5 Å². The number of methoxy groups -OCH3 is 1. The van der Waals surface area contributed by atoms with Crippen LogP contribution >= 0.6 is 15.9 Å². The first-order valence-corrected chi connectivity index (χ1v) is 13.3. The Kier molecular flexibility index (Phi) is 8.13. The second kappa shape index (κ2) is 11.7. The molecule has 1 fully saturated rings. The van der Waals surface area contributed by atoms with Crippen LogP contribution in [0.15, 0.2) is 46.9 Å². The predicted molar refractivity (Wildman–Crippen MR) is 146 cm³/mol. The lowest BCUT2D eigenvalue weighted by atomic mass is 9.98. The first-order valence-electron chi connectivity index (χ1n) is 12.5.